The van der Waals surface area contributed by atoms with Crippen molar-refractivity contribution >= 4 is 17.4 Å². The Morgan fingerprint density at radius 1 is 1.19 bits per heavy atom. The molecule has 0 saturated heterocycles. The second-order valence-corrected chi connectivity index (χ2v) is 4.23. The van der Waals surface area contributed by atoms with Crippen molar-refractivity contribution in [3.05, 3.63) is 64.0 Å². The summed E-state index contributed by atoms with van der Waals surface area (Å²) in [6.45, 7) is -0.403. The van der Waals surface area contributed by atoms with Crippen LogP contribution in [0.5, 0.6) is 0 Å². The van der Waals surface area contributed by atoms with Gasteiger partial charge in [-0.3, -0.25) is 19.7 Å². The second kappa shape index (κ2) is 6.47. The molecule has 2 aromatic rings. The van der Waals surface area contributed by atoms with E-state index in [0.717, 1.165) is 0 Å². The third kappa shape index (κ3) is 3.75. The highest BCUT2D eigenvalue weighted by atomic mass is 16.6. The molecule has 1 aromatic heterocycles. The lowest BCUT2D eigenvalue weighted by Gasteiger charge is -2.04. The molecule has 0 unspecified atom stereocenters. The third-order valence-electron chi connectivity index (χ3n) is 2.79. The fourth-order valence-corrected chi connectivity index (χ4v) is 1.77. The highest BCUT2D eigenvalue weighted by molar-refractivity contribution is 5.96. The minimum atomic E-state index is -0.691. The Labute approximate surface area is 119 Å². The molecule has 0 spiro atoms. The summed E-state index contributed by atoms with van der Waals surface area (Å²) in [6.07, 6.45) is 1.33. The first-order valence-corrected chi connectivity index (χ1v) is 6.12. The fourth-order valence-electron chi connectivity index (χ4n) is 1.77. The summed E-state index contributed by atoms with van der Waals surface area (Å²) < 4.78 is 4.84. The molecular weight excluding hydrogens is 276 g/mol. The summed E-state index contributed by atoms with van der Waals surface area (Å²) in [5, 5.41) is 10.8. The fraction of sp³-hybridized carbons (Fsp3) is 0.143. The van der Waals surface area contributed by atoms with Gasteiger partial charge in [0.25, 0.3) is 5.69 Å². The van der Waals surface area contributed by atoms with Crippen molar-refractivity contribution in [1.82, 2.24) is 4.98 Å². The minimum absolute atomic E-state index is 0.148. The molecule has 108 valence electrons. The van der Waals surface area contributed by atoms with Crippen LogP contribution >= 0.6 is 0 Å². The molecule has 21 heavy (non-hydrogen) atoms. The largest absolute Gasteiger partial charge is 0.457 e. The van der Waals surface area contributed by atoms with E-state index in [1.54, 1.807) is 24.4 Å². The number of nitrogens with zero attached hydrogens (tertiary/aromatic N) is 1. The topological polar surface area (TPSA) is 102 Å². The Kier molecular flexibility index (Phi) is 4.45. The SMILES string of the molecule is O=C(Cc1ccccc1[N+](=O)[O-])OCC(=O)c1ccc[nH]1. The van der Waals surface area contributed by atoms with Gasteiger partial charge in [0.05, 0.1) is 17.0 Å². The van der Waals surface area contributed by atoms with Crippen molar-refractivity contribution in [2.45, 2.75) is 6.42 Å². The van der Waals surface area contributed by atoms with E-state index < -0.39 is 17.5 Å². The molecule has 7 nitrogen and oxygen atoms in total. The van der Waals surface area contributed by atoms with Gasteiger partial charge in [-0.05, 0) is 12.1 Å². The summed E-state index contributed by atoms with van der Waals surface area (Å²) >= 11 is 0. The van der Waals surface area contributed by atoms with Gasteiger partial charge >= 0.3 is 5.97 Å². The highest BCUT2D eigenvalue weighted by Crippen LogP contribution is 2.18. The number of rotatable bonds is 6. The molecule has 2 rings (SSSR count). The van der Waals surface area contributed by atoms with Crippen LogP contribution in [0, 0.1) is 10.1 Å². The maximum absolute atomic E-state index is 11.7. The molecular formula is C14H12N2O5. The van der Waals surface area contributed by atoms with Crippen LogP contribution in [0.15, 0.2) is 42.6 Å². The number of para-hydroxylation sites is 1. The van der Waals surface area contributed by atoms with E-state index in [0.29, 0.717) is 5.69 Å². The zero-order valence-electron chi connectivity index (χ0n) is 10.9. The number of esters is 1. The smallest absolute Gasteiger partial charge is 0.310 e. The normalized spacial score (nSPS) is 10.1. The van der Waals surface area contributed by atoms with Gasteiger partial charge in [0.15, 0.2) is 6.61 Å². The molecule has 1 heterocycles. The Morgan fingerprint density at radius 2 is 1.95 bits per heavy atom. The molecule has 0 saturated carbocycles. The Bertz CT molecular complexity index is 664. The number of benzene rings is 1. The number of carbonyl (C=O) groups excluding carboxylic acids is 2. The van der Waals surface area contributed by atoms with Gasteiger partial charge in [0.2, 0.25) is 5.78 Å². The number of aromatic amines is 1. The molecule has 0 bridgehead atoms. The monoisotopic (exact) mass is 288 g/mol. The molecule has 0 radical (unpaired) electrons. The van der Waals surface area contributed by atoms with Crippen molar-refractivity contribution in [3.63, 3.8) is 0 Å². The summed E-state index contributed by atoms with van der Waals surface area (Å²) in [6, 6.07) is 9.13. The van der Waals surface area contributed by atoms with Gasteiger partial charge in [-0.1, -0.05) is 18.2 Å². The van der Waals surface area contributed by atoms with Crippen LogP contribution in [-0.4, -0.2) is 28.3 Å². The maximum Gasteiger partial charge on any atom is 0.310 e. The number of hydrogen-bond donors (Lipinski definition) is 1. The molecule has 1 N–H and O–H groups in total. The molecule has 0 atom stereocenters. The number of ether oxygens (including phenoxy) is 1. The van der Waals surface area contributed by atoms with Gasteiger partial charge in [-0.2, -0.15) is 0 Å². The summed E-state index contributed by atoms with van der Waals surface area (Å²) in [7, 11) is 0. The predicted molar refractivity (Wildman–Crippen MR) is 72.9 cm³/mol. The van der Waals surface area contributed by atoms with Crippen molar-refractivity contribution in [1.29, 1.82) is 0 Å². The average Bonchev–Trinajstić information content (AvgIpc) is 2.99. The van der Waals surface area contributed by atoms with Crippen molar-refractivity contribution < 1.29 is 19.2 Å². The van der Waals surface area contributed by atoms with Gasteiger partial charge in [0.1, 0.15) is 0 Å². The number of ketones is 1. The molecule has 0 aliphatic heterocycles. The van der Waals surface area contributed by atoms with E-state index in [4.69, 9.17) is 4.74 Å². The van der Waals surface area contributed by atoms with Crippen LogP contribution in [0.25, 0.3) is 0 Å². The zero-order chi connectivity index (χ0) is 15.2. The number of Topliss-reactive ketones (excluding diaryl/α,β-unsaturated/α-hetero) is 1. The van der Waals surface area contributed by atoms with Crippen molar-refractivity contribution in [2.24, 2.45) is 0 Å². The van der Waals surface area contributed by atoms with Crippen LogP contribution in [0.4, 0.5) is 5.69 Å². The lowest BCUT2D eigenvalue weighted by molar-refractivity contribution is -0.385. The summed E-state index contributed by atoms with van der Waals surface area (Å²) in [4.78, 5) is 36.2. The Morgan fingerprint density at radius 3 is 2.62 bits per heavy atom. The van der Waals surface area contributed by atoms with Gasteiger partial charge in [-0.25, -0.2) is 0 Å². The van der Waals surface area contributed by atoms with Crippen LogP contribution in [0.3, 0.4) is 0 Å². The van der Waals surface area contributed by atoms with Crippen molar-refractivity contribution in [2.75, 3.05) is 6.61 Å². The lowest BCUT2D eigenvalue weighted by atomic mass is 10.1. The van der Waals surface area contributed by atoms with Crippen LogP contribution in [-0.2, 0) is 16.0 Å². The average molecular weight is 288 g/mol. The Balaban J connectivity index is 1.93. The van der Waals surface area contributed by atoms with Gasteiger partial charge in [0, 0.05) is 17.8 Å². The summed E-state index contributed by atoms with van der Waals surface area (Å²) in [5.74, 6) is -1.06. The highest BCUT2D eigenvalue weighted by Gasteiger charge is 2.17. The Hall–Kier alpha value is -2.96. The number of nitro groups is 1. The number of aromatic nitrogens is 1. The van der Waals surface area contributed by atoms with E-state index in [-0.39, 0.29) is 23.5 Å². The quantitative estimate of drug-likeness (QED) is 0.378. The molecule has 7 heteroatoms. The first kappa shape index (κ1) is 14.4. The number of nitrogens with one attached hydrogen (secondary N) is 1. The summed E-state index contributed by atoms with van der Waals surface area (Å²) in [5.41, 5.74) is 0.443. The number of hydrogen-bond acceptors (Lipinski definition) is 5. The molecule has 0 aliphatic rings. The zero-order valence-corrected chi connectivity index (χ0v) is 10.9. The maximum atomic E-state index is 11.7. The molecule has 1 aromatic carbocycles. The van der Waals surface area contributed by atoms with Crippen LogP contribution in [0.2, 0.25) is 0 Å². The van der Waals surface area contributed by atoms with E-state index in [2.05, 4.69) is 4.98 Å². The van der Waals surface area contributed by atoms with E-state index in [1.165, 1.54) is 18.2 Å². The van der Waals surface area contributed by atoms with E-state index >= 15 is 0 Å². The predicted octanol–water partition coefficient (Wildman–Crippen LogP) is 1.89. The molecule has 0 amide bonds. The van der Waals surface area contributed by atoms with Crippen LogP contribution < -0.4 is 0 Å². The van der Waals surface area contributed by atoms with Gasteiger partial charge < -0.3 is 9.72 Å². The lowest BCUT2D eigenvalue weighted by Crippen LogP contribution is -2.16. The standard InChI is InChI=1S/C14H12N2O5/c17-13(11-5-3-7-15-11)9-21-14(18)8-10-4-1-2-6-12(10)16(19)20/h1-7,15H,8-9H2. The number of nitro benzene ring substituents is 1. The number of H-pyrrole nitrogens is 1. The first-order chi connectivity index (χ1) is 10.1. The third-order valence-corrected chi connectivity index (χ3v) is 2.79. The van der Waals surface area contributed by atoms with E-state index in [9.17, 15) is 19.7 Å². The van der Waals surface area contributed by atoms with Gasteiger partial charge in [-0.15, -0.1) is 0 Å². The van der Waals surface area contributed by atoms with Crippen LogP contribution in [0.1, 0.15) is 16.1 Å². The van der Waals surface area contributed by atoms with Crippen molar-refractivity contribution in [3.8, 4) is 0 Å². The second-order valence-electron chi connectivity index (χ2n) is 4.23. The molecule has 0 fully saturated rings. The minimum Gasteiger partial charge on any atom is -0.457 e. The number of carbonyl (C=O) groups is 2. The first-order valence-electron chi connectivity index (χ1n) is 6.12. The van der Waals surface area contributed by atoms with E-state index in [1.807, 2.05) is 0 Å². The molecule has 0 aliphatic carbocycles.